The minimum atomic E-state index is -1.33. The first kappa shape index (κ1) is 8.63. The van der Waals surface area contributed by atoms with Gasteiger partial charge in [-0.25, -0.2) is 0 Å². The van der Waals surface area contributed by atoms with Crippen LogP contribution in [0.4, 0.5) is 0 Å². The summed E-state index contributed by atoms with van der Waals surface area (Å²) < 4.78 is -1.33. The number of rotatable bonds is 0. The summed E-state index contributed by atoms with van der Waals surface area (Å²) in [6, 6.07) is 0. The highest BCUT2D eigenvalue weighted by Gasteiger charge is 2.43. The molecule has 10 heavy (non-hydrogen) atoms. The summed E-state index contributed by atoms with van der Waals surface area (Å²) in [6.07, 6.45) is 1.98. The number of carbonyl (C=O) groups is 1. The van der Waals surface area contributed by atoms with Gasteiger partial charge < -0.3 is 0 Å². The average Bonchev–Trinajstić information content (AvgIpc) is 1.84. The lowest BCUT2D eigenvalue weighted by Gasteiger charge is -2.27. The van der Waals surface area contributed by atoms with Crippen LogP contribution in [0.25, 0.3) is 0 Å². The van der Waals surface area contributed by atoms with Gasteiger partial charge in [-0.15, -0.1) is 11.6 Å². The van der Waals surface area contributed by atoms with Crippen molar-refractivity contribution in [2.75, 3.05) is 0 Å². The third-order valence-corrected chi connectivity index (χ3v) is 3.34. The van der Waals surface area contributed by atoms with E-state index in [4.69, 9.17) is 34.8 Å². The molecule has 1 saturated carbocycles. The highest BCUT2D eigenvalue weighted by molar-refractivity contribution is 6.61. The van der Waals surface area contributed by atoms with Crippen LogP contribution in [0, 0.1) is 0 Å². The quantitative estimate of drug-likeness (QED) is 0.551. The molecule has 1 aliphatic carbocycles. The molecule has 0 bridgehead atoms. The predicted octanol–water partition coefficient (Wildman–Crippen LogP) is 2.52. The molecule has 1 rings (SSSR count). The Morgan fingerprint density at radius 1 is 1.50 bits per heavy atom. The Morgan fingerprint density at radius 2 is 2.10 bits per heavy atom. The normalized spacial score (nSPS) is 32.3. The van der Waals surface area contributed by atoms with Crippen molar-refractivity contribution < 1.29 is 4.79 Å². The molecule has 1 fully saturated rings. The molecule has 1 atom stereocenters. The van der Waals surface area contributed by atoms with E-state index in [-0.39, 0.29) is 5.78 Å². The van der Waals surface area contributed by atoms with Crippen molar-refractivity contribution in [2.45, 2.75) is 29.0 Å². The van der Waals surface area contributed by atoms with Crippen LogP contribution in [0.15, 0.2) is 0 Å². The zero-order valence-electron chi connectivity index (χ0n) is 5.24. The molecule has 0 amide bonds. The van der Waals surface area contributed by atoms with Crippen molar-refractivity contribution in [3.63, 3.8) is 0 Å². The number of Topliss-reactive ketones (excluding diaryl/α,β-unsaturated/α-hetero) is 1. The van der Waals surface area contributed by atoms with Crippen LogP contribution in [0.2, 0.25) is 0 Å². The van der Waals surface area contributed by atoms with Crippen LogP contribution in [0.3, 0.4) is 0 Å². The van der Waals surface area contributed by atoms with E-state index in [0.717, 1.165) is 12.8 Å². The summed E-state index contributed by atoms with van der Waals surface area (Å²) in [7, 11) is 0. The van der Waals surface area contributed by atoms with E-state index in [1.165, 1.54) is 0 Å². The molecule has 0 aromatic rings. The molecule has 1 aliphatic rings. The Labute approximate surface area is 74.6 Å². The second kappa shape index (κ2) is 2.88. The molecule has 0 spiro atoms. The van der Waals surface area contributed by atoms with Crippen molar-refractivity contribution in [1.82, 2.24) is 0 Å². The Balaban J connectivity index is 2.73. The third kappa shape index (κ3) is 1.41. The number of alkyl halides is 3. The van der Waals surface area contributed by atoms with Gasteiger partial charge in [0, 0.05) is 6.42 Å². The van der Waals surface area contributed by atoms with E-state index < -0.39 is 9.71 Å². The van der Waals surface area contributed by atoms with Crippen molar-refractivity contribution in [3.05, 3.63) is 0 Å². The summed E-state index contributed by atoms with van der Waals surface area (Å²) in [4.78, 5) is 11.0. The van der Waals surface area contributed by atoms with Crippen molar-refractivity contribution >= 4 is 40.6 Å². The van der Waals surface area contributed by atoms with E-state index in [2.05, 4.69) is 0 Å². The minimum absolute atomic E-state index is 0.151. The summed E-state index contributed by atoms with van der Waals surface area (Å²) in [5.74, 6) is -0.151. The van der Waals surface area contributed by atoms with E-state index in [1.807, 2.05) is 0 Å². The van der Waals surface area contributed by atoms with Gasteiger partial charge in [-0.1, -0.05) is 23.2 Å². The standard InChI is InChI=1S/C6H7Cl3O/c7-4-2-1-3-5(10)6(4,8)9/h4H,1-3H2. The molecule has 0 aromatic heterocycles. The van der Waals surface area contributed by atoms with Gasteiger partial charge >= 0.3 is 0 Å². The molecule has 0 N–H and O–H groups in total. The van der Waals surface area contributed by atoms with Gasteiger partial charge in [-0.3, -0.25) is 4.79 Å². The van der Waals surface area contributed by atoms with Crippen molar-refractivity contribution in [3.8, 4) is 0 Å². The fraction of sp³-hybridized carbons (Fsp3) is 0.833. The number of halogens is 3. The fourth-order valence-electron chi connectivity index (χ4n) is 0.964. The molecule has 0 heterocycles. The van der Waals surface area contributed by atoms with Crippen LogP contribution >= 0.6 is 34.8 Å². The predicted molar refractivity (Wildman–Crippen MR) is 42.9 cm³/mol. The van der Waals surface area contributed by atoms with Crippen LogP contribution in [-0.2, 0) is 4.79 Å². The molecule has 1 nitrogen and oxygen atoms in total. The Kier molecular flexibility index (Phi) is 2.49. The minimum Gasteiger partial charge on any atom is -0.296 e. The Bertz CT molecular complexity index is 155. The van der Waals surface area contributed by atoms with Crippen LogP contribution < -0.4 is 0 Å². The smallest absolute Gasteiger partial charge is 0.192 e. The highest BCUT2D eigenvalue weighted by atomic mass is 35.5. The summed E-state index contributed by atoms with van der Waals surface area (Å²) >= 11 is 17.0. The average molecular weight is 201 g/mol. The largest absolute Gasteiger partial charge is 0.296 e. The van der Waals surface area contributed by atoms with Gasteiger partial charge in [0.2, 0.25) is 0 Å². The molecule has 1 unspecified atom stereocenters. The lowest BCUT2D eigenvalue weighted by atomic mass is 9.98. The first-order chi connectivity index (χ1) is 4.55. The number of carbonyl (C=O) groups excluding carboxylic acids is 1. The molecule has 0 aliphatic heterocycles. The Hall–Kier alpha value is 0.540. The second-order valence-corrected chi connectivity index (χ2v) is 4.32. The van der Waals surface area contributed by atoms with Crippen LogP contribution in [0.5, 0.6) is 0 Å². The summed E-state index contributed by atoms with van der Waals surface area (Å²) in [5.41, 5.74) is 0. The summed E-state index contributed by atoms with van der Waals surface area (Å²) in [6.45, 7) is 0. The van der Waals surface area contributed by atoms with Crippen LogP contribution in [-0.4, -0.2) is 15.5 Å². The van der Waals surface area contributed by atoms with E-state index in [9.17, 15) is 4.79 Å². The van der Waals surface area contributed by atoms with Gasteiger partial charge in [0.05, 0.1) is 5.38 Å². The van der Waals surface area contributed by atoms with Gasteiger partial charge in [0.1, 0.15) is 0 Å². The maximum Gasteiger partial charge on any atom is 0.192 e. The Morgan fingerprint density at radius 3 is 2.50 bits per heavy atom. The SMILES string of the molecule is O=C1CCCC(Cl)C1(Cl)Cl. The summed E-state index contributed by atoms with van der Waals surface area (Å²) in [5, 5.41) is -0.419. The topological polar surface area (TPSA) is 17.1 Å². The third-order valence-electron chi connectivity index (χ3n) is 1.63. The molecule has 0 radical (unpaired) electrons. The number of hydrogen-bond acceptors (Lipinski definition) is 1. The van der Waals surface area contributed by atoms with E-state index in [1.54, 1.807) is 0 Å². The highest BCUT2D eigenvalue weighted by Crippen LogP contribution is 2.38. The zero-order valence-corrected chi connectivity index (χ0v) is 7.51. The number of hydrogen-bond donors (Lipinski definition) is 0. The molecule has 4 heteroatoms. The molecule has 0 aromatic carbocycles. The maximum atomic E-state index is 11.0. The maximum absolute atomic E-state index is 11.0. The van der Waals surface area contributed by atoms with Gasteiger partial charge in [-0.05, 0) is 12.8 Å². The van der Waals surface area contributed by atoms with Gasteiger partial charge in [0.25, 0.3) is 0 Å². The molecular formula is C6H7Cl3O. The lowest BCUT2D eigenvalue weighted by Crippen LogP contribution is -2.39. The second-order valence-electron chi connectivity index (χ2n) is 2.41. The first-order valence-electron chi connectivity index (χ1n) is 3.10. The molecule has 58 valence electrons. The van der Waals surface area contributed by atoms with Crippen molar-refractivity contribution in [2.24, 2.45) is 0 Å². The molecule has 0 saturated heterocycles. The monoisotopic (exact) mass is 200 g/mol. The zero-order chi connectivity index (χ0) is 7.78. The lowest BCUT2D eigenvalue weighted by molar-refractivity contribution is -0.120. The van der Waals surface area contributed by atoms with Gasteiger partial charge in [-0.2, -0.15) is 0 Å². The first-order valence-corrected chi connectivity index (χ1v) is 4.29. The van der Waals surface area contributed by atoms with E-state index >= 15 is 0 Å². The fourth-order valence-corrected chi connectivity index (χ4v) is 1.65. The van der Waals surface area contributed by atoms with Crippen molar-refractivity contribution in [1.29, 1.82) is 0 Å². The number of ketones is 1. The molecular weight excluding hydrogens is 194 g/mol. The van der Waals surface area contributed by atoms with Gasteiger partial charge in [0.15, 0.2) is 10.1 Å². The van der Waals surface area contributed by atoms with Crippen LogP contribution in [0.1, 0.15) is 19.3 Å². The van der Waals surface area contributed by atoms with E-state index in [0.29, 0.717) is 6.42 Å².